The van der Waals surface area contributed by atoms with Gasteiger partial charge in [0.2, 0.25) is 0 Å². The summed E-state index contributed by atoms with van der Waals surface area (Å²) in [5.41, 5.74) is 4.88. The second-order valence-corrected chi connectivity index (χ2v) is 6.72. The fraction of sp³-hybridized carbons (Fsp3) is 0.0435. The third-order valence-corrected chi connectivity index (χ3v) is 4.78. The average molecular weight is 414 g/mol. The maximum atomic E-state index is 12.6. The number of nitrogens with zero attached hydrogens (tertiary/aromatic N) is 3. The van der Waals surface area contributed by atoms with Crippen molar-refractivity contribution in [2.24, 2.45) is 5.10 Å². The number of hydrogen-bond donors (Lipinski definition) is 1. The number of nitro groups is 1. The van der Waals surface area contributed by atoms with Crippen molar-refractivity contribution in [1.82, 2.24) is 9.99 Å². The fourth-order valence-corrected chi connectivity index (χ4v) is 3.26. The molecule has 0 fully saturated rings. The molecule has 31 heavy (non-hydrogen) atoms. The summed E-state index contributed by atoms with van der Waals surface area (Å²) in [7, 11) is 0. The number of hydrazone groups is 1. The minimum absolute atomic E-state index is 0.0257. The first-order valence-electron chi connectivity index (χ1n) is 9.44. The van der Waals surface area contributed by atoms with Gasteiger partial charge in [-0.1, -0.05) is 24.3 Å². The SMILES string of the molecule is Cc1c(-c2ccc(C=NNC(=O)c3ccccc3-n3cccc3)o2)cccc1[N+](=O)[O-]. The van der Waals surface area contributed by atoms with E-state index in [-0.39, 0.29) is 11.6 Å². The molecule has 4 rings (SSSR count). The van der Waals surface area contributed by atoms with Crippen LogP contribution < -0.4 is 5.43 Å². The highest BCUT2D eigenvalue weighted by atomic mass is 16.6. The van der Waals surface area contributed by atoms with Crippen LogP contribution in [0.25, 0.3) is 17.0 Å². The summed E-state index contributed by atoms with van der Waals surface area (Å²) in [6.07, 6.45) is 5.09. The molecule has 0 saturated heterocycles. The number of aromatic nitrogens is 1. The molecule has 0 bridgehead atoms. The first kappa shape index (κ1) is 19.8. The molecule has 0 aliphatic rings. The molecule has 0 atom stereocenters. The van der Waals surface area contributed by atoms with Gasteiger partial charge in [0.15, 0.2) is 0 Å². The summed E-state index contributed by atoms with van der Waals surface area (Å²) in [6.45, 7) is 1.67. The molecule has 1 N–H and O–H groups in total. The van der Waals surface area contributed by atoms with Crippen molar-refractivity contribution in [3.05, 3.63) is 106 Å². The molecular weight excluding hydrogens is 396 g/mol. The highest BCUT2D eigenvalue weighted by Crippen LogP contribution is 2.30. The number of para-hydroxylation sites is 1. The van der Waals surface area contributed by atoms with Gasteiger partial charge < -0.3 is 8.98 Å². The summed E-state index contributed by atoms with van der Waals surface area (Å²) >= 11 is 0. The largest absolute Gasteiger partial charge is 0.455 e. The van der Waals surface area contributed by atoms with E-state index in [0.29, 0.717) is 28.2 Å². The maximum Gasteiger partial charge on any atom is 0.273 e. The second-order valence-electron chi connectivity index (χ2n) is 6.72. The Balaban J connectivity index is 1.50. The number of carbonyl (C=O) groups is 1. The van der Waals surface area contributed by atoms with Gasteiger partial charge in [-0.2, -0.15) is 5.10 Å². The third-order valence-electron chi connectivity index (χ3n) is 4.78. The van der Waals surface area contributed by atoms with Gasteiger partial charge in [-0.15, -0.1) is 0 Å². The zero-order chi connectivity index (χ0) is 21.8. The second kappa shape index (κ2) is 8.50. The van der Waals surface area contributed by atoms with Crippen molar-refractivity contribution >= 4 is 17.8 Å². The van der Waals surface area contributed by atoms with Crippen LogP contribution in [0.15, 0.2) is 88.6 Å². The fourth-order valence-electron chi connectivity index (χ4n) is 3.26. The van der Waals surface area contributed by atoms with E-state index in [9.17, 15) is 14.9 Å². The summed E-state index contributed by atoms with van der Waals surface area (Å²) in [5.74, 6) is 0.522. The van der Waals surface area contributed by atoms with Gasteiger partial charge in [-0.05, 0) is 43.3 Å². The molecule has 0 spiro atoms. The minimum atomic E-state index is -0.425. The molecule has 0 unspecified atom stereocenters. The van der Waals surface area contributed by atoms with Crippen molar-refractivity contribution in [2.75, 3.05) is 0 Å². The van der Waals surface area contributed by atoms with E-state index in [0.717, 1.165) is 5.69 Å². The van der Waals surface area contributed by atoms with Gasteiger partial charge in [-0.3, -0.25) is 14.9 Å². The first-order valence-corrected chi connectivity index (χ1v) is 9.44. The van der Waals surface area contributed by atoms with E-state index in [1.54, 1.807) is 43.3 Å². The minimum Gasteiger partial charge on any atom is -0.455 e. The number of nitrogens with one attached hydrogen (secondary N) is 1. The van der Waals surface area contributed by atoms with Crippen LogP contribution in [-0.4, -0.2) is 21.6 Å². The van der Waals surface area contributed by atoms with E-state index in [4.69, 9.17) is 4.42 Å². The van der Waals surface area contributed by atoms with Crippen LogP contribution in [0.5, 0.6) is 0 Å². The molecule has 8 nitrogen and oxygen atoms in total. The van der Waals surface area contributed by atoms with Crippen LogP contribution in [-0.2, 0) is 0 Å². The van der Waals surface area contributed by atoms with Crippen molar-refractivity contribution < 1.29 is 14.1 Å². The summed E-state index contributed by atoms with van der Waals surface area (Å²) < 4.78 is 7.57. The van der Waals surface area contributed by atoms with Crippen molar-refractivity contribution in [3.8, 4) is 17.0 Å². The van der Waals surface area contributed by atoms with Crippen LogP contribution in [0.2, 0.25) is 0 Å². The lowest BCUT2D eigenvalue weighted by Gasteiger charge is -2.08. The van der Waals surface area contributed by atoms with Gasteiger partial charge in [-0.25, -0.2) is 5.43 Å². The molecule has 4 aromatic rings. The van der Waals surface area contributed by atoms with E-state index >= 15 is 0 Å². The number of rotatable bonds is 6. The van der Waals surface area contributed by atoms with Crippen LogP contribution in [0.1, 0.15) is 21.7 Å². The molecule has 0 aliphatic heterocycles. The lowest BCUT2D eigenvalue weighted by Crippen LogP contribution is -2.19. The zero-order valence-electron chi connectivity index (χ0n) is 16.6. The van der Waals surface area contributed by atoms with E-state index in [2.05, 4.69) is 10.5 Å². The summed E-state index contributed by atoms with van der Waals surface area (Å²) in [6, 6.07) is 19.2. The van der Waals surface area contributed by atoms with Gasteiger partial charge in [0.05, 0.1) is 22.4 Å². The predicted octanol–water partition coefficient (Wildman–Crippen LogP) is 4.72. The molecule has 154 valence electrons. The molecule has 0 radical (unpaired) electrons. The average Bonchev–Trinajstić information content (AvgIpc) is 3.46. The quantitative estimate of drug-likeness (QED) is 0.280. The van der Waals surface area contributed by atoms with Gasteiger partial charge in [0, 0.05) is 29.6 Å². The van der Waals surface area contributed by atoms with Gasteiger partial charge in [0.25, 0.3) is 11.6 Å². The Morgan fingerprint density at radius 2 is 1.84 bits per heavy atom. The number of benzene rings is 2. The van der Waals surface area contributed by atoms with E-state index in [1.165, 1.54) is 12.3 Å². The topological polar surface area (TPSA) is 103 Å². The third kappa shape index (κ3) is 4.13. The summed E-state index contributed by atoms with van der Waals surface area (Å²) in [4.78, 5) is 23.3. The Morgan fingerprint density at radius 1 is 1.06 bits per heavy atom. The normalized spacial score (nSPS) is 11.0. The standard InChI is InChI=1S/C23H18N4O4/c1-16-18(8-6-10-20(16)27(29)30)22-12-11-17(31-22)15-24-25-23(28)19-7-2-3-9-21(19)26-13-4-5-14-26/h2-15H,1H3,(H,25,28). The van der Waals surface area contributed by atoms with Crippen LogP contribution in [0.3, 0.4) is 0 Å². The molecule has 2 aromatic heterocycles. The Hall–Kier alpha value is -4.46. The smallest absolute Gasteiger partial charge is 0.273 e. The monoisotopic (exact) mass is 414 g/mol. The van der Waals surface area contributed by atoms with E-state index in [1.807, 2.05) is 41.2 Å². The van der Waals surface area contributed by atoms with Crippen molar-refractivity contribution in [3.63, 3.8) is 0 Å². The number of nitro benzene ring substituents is 1. The Bertz CT molecular complexity index is 1270. The molecule has 2 aromatic carbocycles. The van der Waals surface area contributed by atoms with Crippen molar-refractivity contribution in [1.29, 1.82) is 0 Å². The first-order chi connectivity index (χ1) is 15.0. The maximum absolute atomic E-state index is 12.6. The van der Waals surface area contributed by atoms with Crippen LogP contribution >= 0.6 is 0 Å². The number of carbonyl (C=O) groups excluding carboxylic acids is 1. The molecule has 2 heterocycles. The number of hydrogen-bond acceptors (Lipinski definition) is 5. The Kier molecular flexibility index (Phi) is 5.44. The molecule has 1 amide bonds. The lowest BCUT2D eigenvalue weighted by molar-refractivity contribution is -0.385. The number of furan rings is 1. The van der Waals surface area contributed by atoms with Gasteiger partial charge >= 0.3 is 0 Å². The Labute approximate surface area is 177 Å². The van der Waals surface area contributed by atoms with Crippen molar-refractivity contribution in [2.45, 2.75) is 6.92 Å². The molecular formula is C23H18N4O4. The lowest BCUT2D eigenvalue weighted by atomic mass is 10.1. The summed E-state index contributed by atoms with van der Waals surface area (Å²) in [5, 5.41) is 15.1. The molecule has 0 saturated carbocycles. The molecule has 8 heteroatoms. The highest BCUT2D eigenvalue weighted by molar-refractivity contribution is 5.98. The predicted molar refractivity (Wildman–Crippen MR) is 116 cm³/mol. The van der Waals surface area contributed by atoms with Crippen LogP contribution in [0, 0.1) is 17.0 Å². The van der Waals surface area contributed by atoms with Crippen LogP contribution in [0.4, 0.5) is 5.69 Å². The zero-order valence-corrected chi connectivity index (χ0v) is 16.6. The Morgan fingerprint density at radius 3 is 2.61 bits per heavy atom. The van der Waals surface area contributed by atoms with Gasteiger partial charge in [0.1, 0.15) is 11.5 Å². The number of amides is 1. The highest BCUT2D eigenvalue weighted by Gasteiger charge is 2.16. The van der Waals surface area contributed by atoms with E-state index < -0.39 is 4.92 Å². The molecule has 0 aliphatic carbocycles.